The minimum Gasteiger partial charge on any atom is -0.404 e. The van der Waals surface area contributed by atoms with Crippen LogP contribution >= 0.6 is 11.6 Å². The van der Waals surface area contributed by atoms with E-state index < -0.39 is 24.1 Å². The van der Waals surface area contributed by atoms with Gasteiger partial charge in [-0.2, -0.15) is 5.26 Å². The second-order valence-corrected chi connectivity index (χ2v) is 3.25. The Labute approximate surface area is 98.6 Å². The van der Waals surface area contributed by atoms with Gasteiger partial charge in [-0.1, -0.05) is 0 Å². The zero-order valence-electron chi connectivity index (χ0n) is 8.27. The average Bonchev–Trinajstić information content (AvgIpc) is 2.20. The molecule has 8 heteroatoms. The molecule has 1 heterocycles. The Hall–Kier alpha value is -1.68. The summed E-state index contributed by atoms with van der Waals surface area (Å²) in [5.74, 6) is -0.943. The highest BCUT2D eigenvalue weighted by Crippen LogP contribution is 2.29. The predicted octanol–water partition coefficient (Wildman–Crippen LogP) is 2.08. The van der Waals surface area contributed by atoms with Crippen LogP contribution in [-0.2, 0) is 12.3 Å². The lowest BCUT2D eigenvalue weighted by Crippen LogP contribution is -2.21. The van der Waals surface area contributed by atoms with Gasteiger partial charge >= 0.3 is 6.36 Å². The smallest absolute Gasteiger partial charge is 0.404 e. The lowest BCUT2D eigenvalue weighted by atomic mass is 10.2. The normalized spacial score (nSPS) is 11.0. The number of nitrogens with zero attached hydrogens (tertiary/aromatic N) is 1. The van der Waals surface area contributed by atoms with Gasteiger partial charge in [0.25, 0.3) is 0 Å². The van der Waals surface area contributed by atoms with Gasteiger partial charge in [-0.15, -0.1) is 24.8 Å². The van der Waals surface area contributed by atoms with Crippen LogP contribution in [0.25, 0.3) is 0 Å². The molecule has 1 aromatic heterocycles. The molecule has 1 aromatic rings. The summed E-state index contributed by atoms with van der Waals surface area (Å²) in [6.45, 7) is 0. The zero-order valence-corrected chi connectivity index (χ0v) is 9.02. The highest BCUT2D eigenvalue weighted by atomic mass is 35.5. The second-order valence-electron chi connectivity index (χ2n) is 2.98. The molecule has 0 saturated carbocycles. The highest BCUT2D eigenvalue weighted by Gasteiger charge is 2.33. The highest BCUT2D eigenvalue weighted by molar-refractivity contribution is 6.17. The first kappa shape index (κ1) is 13.4. The monoisotopic (exact) mass is 266 g/mol. The molecule has 17 heavy (non-hydrogen) atoms. The quantitative estimate of drug-likeness (QED) is 0.852. The molecule has 0 bridgehead atoms. The fourth-order valence-electron chi connectivity index (χ4n) is 1.20. The summed E-state index contributed by atoms with van der Waals surface area (Å²) in [5, 5.41) is 8.46. The Balaban J connectivity index is 3.32. The molecule has 4 nitrogen and oxygen atoms in total. The Kier molecular flexibility index (Phi) is 4.02. The minimum atomic E-state index is -4.91. The van der Waals surface area contributed by atoms with Crippen LogP contribution in [0, 0.1) is 11.3 Å². The molecule has 0 aliphatic heterocycles. The molecule has 0 fully saturated rings. The van der Waals surface area contributed by atoms with Crippen LogP contribution in [0.4, 0.5) is 13.2 Å². The topological polar surface area (TPSA) is 65.9 Å². The van der Waals surface area contributed by atoms with Crippen molar-refractivity contribution in [3.8, 4) is 11.8 Å². The number of hydrogen-bond donors (Lipinski definition) is 1. The first-order valence-electron chi connectivity index (χ1n) is 4.31. The molecule has 0 aliphatic carbocycles. The molecule has 0 aromatic carbocycles. The van der Waals surface area contributed by atoms with Gasteiger partial charge in [0.2, 0.25) is 5.56 Å². The van der Waals surface area contributed by atoms with Gasteiger partial charge in [-0.3, -0.25) is 4.79 Å². The fourth-order valence-corrected chi connectivity index (χ4v) is 1.40. The minimum absolute atomic E-state index is 0.113. The Morgan fingerprint density at radius 3 is 2.65 bits per heavy atom. The number of pyridine rings is 1. The number of nitriles is 1. The summed E-state index contributed by atoms with van der Waals surface area (Å²) in [7, 11) is 0. The van der Waals surface area contributed by atoms with E-state index in [1.807, 2.05) is 0 Å². The van der Waals surface area contributed by atoms with Gasteiger partial charge in [0.15, 0.2) is 5.75 Å². The molecule has 0 spiro atoms. The number of hydrogen-bond acceptors (Lipinski definition) is 3. The first-order valence-corrected chi connectivity index (χ1v) is 4.84. The number of ether oxygens (including phenoxy) is 1. The summed E-state index contributed by atoms with van der Waals surface area (Å²) >= 11 is 5.42. The van der Waals surface area contributed by atoms with E-state index in [0.29, 0.717) is 0 Å². The molecule has 0 amide bonds. The van der Waals surface area contributed by atoms with Gasteiger partial charge < -0.3 is 9.72 Å². The SMILES string of the molecule is N#CCc1[nH]c(=O)cc(CCl)c1OC(F)(F)F. The molecule has 0 unspecified atom stereocenters. The van der Waals surface area contributed by atoms with Crippen molar-refractivity contribution in [2.24, 2.45) is 0 Å². The standard InChI is InChI=1S/C9H6ClF3N2O2/c10-4-5-3-7(16)15-6(1-2-14)8(5)17-9(11,12)13/h3H,1,4H2,(H,15,16). The number of alkyl halides is 4. The summed E-state index contributed by atoms with van der Waals surface area (Å²) in [5.41, 5.74) is -0.994. The Morgan fingerprint density at radius 2 is 2.18 bits per heavy atom. The lowest BCUT2D eigenvalue weighted by Gasteiger charge is -2.14. The van der Waals surface area contributed by atoms with Crippen LogP contribution in [0.1, 0.15) is 11.3 Å². The van der Waals surface area contributed by atoms with Gasteiger partial charge in [0, 0.05) is 11.6 Å². The molecule has 0 radical (unpaired) electrons. The van der Waals surface area contributed by atoms with Crippen molar-refractivity contribution in [3.05, 3.63) is 27.7 Å². The number of halogens is 4. The second kappa shape index (κ2) is 5.10. The number of aromatic nitrogens is 1. The van der Waals surface area contributed by atoms with Crippen molar-refractivity contribution in [3.63, 3.8) is 0 Å². The van der Waals surface area contributed by atoms with Crippen LogP contribution in [0.5, 0.6) is 5.75 Å². The van der Waals surface area contributed by atoms with Crippen molar-refractivity contribution in [2.45, 2.75) is 18.7 Å². The van der Waals surface area contributed by atoms with Gasteiger partial charge in [0.1, 0.15) is 0 Å². The van der Waals surface area contributed by atoms with Crippen LogP contribution in [0.3, 0.4) is 0 Å². The predicted molar refractivity (Wildman–Crippen MR) is 52.6 cm³/mol. The van der Waals surface area contributed by atoms with E-state index in [2.05, 4.69) is 9.72 Å². The van der Waals surface area contributed by atoms with E-state index in [4.69, 9.17) is 16.9 Å². The maximum atomic E-state index is 12.1. The van der Waals surface area contributed by atoms with E-state index in [1.165, 1.54) is 0 Å². The molecule has 1 rings (SSSR count). The van der Waals surface area contributed by atoms with Crippen molar-refractivity contribution in [1.29, 1.82) is 5.26 Å². The summed E-state index contributed by atoms with van der Waals surface area (Å²) in [6.07, 6.45) is -5.32. The van der Waals surface area contributed by atoms with Crippen molar-refractivity contribution < 1.29 is 17.9 Å². The molecule has 1 N–H and O–H groups in total. The van der Waals surface area contributed by atoms with Gasteiger partial charge in [-0.25, -0.2) is 0 Å². The van der Waals surface area contributed by atoms with Gasteiger partial charge in [0.05, 0.1) is 24.1 Å². The van der Waals surface area contributed by atoms with Crippen molar-refractivity contribution >= 4 is 11.6 Å². The molecule has 0 aliphatic rings. The third kappa shape index (κ3) is 3.67. The molecular weight excluding hydrogens is 261 g/mol. The lowest BCUT2D eigenvalue weighted by molar-refractivity contribution is -0.275. The maximum absolute atomic E-state index is 12.1. The third-order valence-corrected chi connectivity index (χ3v) is 2.05. The van der Waals surface area contributed by atoms with E-state index in [1.54, 1.807) is 6.07 Å². The fraction of sp³-hybridized carbons (Fsp3) is 0.333. The van der Waals surface area contributed by atoms with E-state index >= 15 is 0 Å². The Morgan fingerprint density at radius 1 is 1.53 bits per heavy atom. The van der Waals surface area contributed by atoms with Crippen LogP contribution in [0.15, 0.2) is 10.9 Å². The number of aromatic amines is 1. The molecule has 0 atom stereocenters. The largest absolute Gasteiger partial charge is 0.573 e. The number of H-pyrrole nitrogens is 1. The molecule has 0 saturated heterocycles. The zero-order chi connectivity index (χ0) is 13.1. The number of nitrogens with one attached hydrogen (secondary N) is 1. The van der Waals surface area contributed by atoms with Crippen molar-refractivity contribution in [1.82, 2.24) is 4.98 Å². The summed E-state index contributed by atoms with van der Waals surface area (Å²) < 4.78 is 40.2. The van der Waals surface area contributed by atoms with Crippen LogP contribution in [0.2, 0.25) is 0 Å². The van der Waals surface area contributed by atoms with Gasteiger partial charge in [-0.05, 0) is 0 Å². The number of rotatable bonds is 3. The first-order chi connectivity index (χ1) is 7.87. The van der Waals surface area contributed by atoms with E-state index in [-0.39, 0.29) is 17.1 Å². The Bertz CT molecular complexity index is 504. The molecule has 92 valence electrons. The molecular formula is C9H6ClF3N2O2. The third-order valence-electron chi connectivity index (χ3n) is 1.76. The maximum Gasteiger partial charge on any atom is 0.573 e. The van der Waals surface area contributed by atoms with Crippen LogP contribution in [-0.4, -0.2) is 11.3 Å². The van der Waals surface area contributed by atoms with E-state index in [9.17, 15) is 18.0 Å². The van der Waals surface area contributed by atoms with E-state index in [0.717, 1.165) is 6.07 Å². The average molecular weight is 267 g/mol. The summed E-state index contributed by atoms with van der Waals surface area (Å²) in [4.78, 5) is 13.2. The summed E-state index contributed by atoms with van der Waals surface area (Å²) in [6, 6.07) is 2.53. The van der Waals surface area contributed by atoms with Crippen LogP contribution < -0.4 is 10.3 Å². The van der Waals surface area contributed by atoms with Crippen molar-refractivity contribution in [2.75, 3.05) is 0 Å².